The van der Waals surface area contributed by atoms with Crippen LogP contribution in [-0.4, -0.2) is 33.8 Å². The molecule has 5 nitrogen and oxygen atoms in total. The Hall–Kier alpha value is -1.36. The van der Waals surface area contributed by atoms with Crippen molar-refractivity contribution >= 4 is 5.91 Å². The normalized spacial score (nSPS) is 25.1. The molecule has 5 heteroatoms. The van der Waals surface area contributed by atoms with Crippen LogP contribution in [0.25, 0.3) is 0 Å². The number of nitrogens with zero attached hydrogens (tertiary/aromatic N) is 2. The second kappa shape index (κ2) is 4.63. The minimum atomic E-state index is 0.0203. The van der Waals surface area contributed by atoms with E-state index in [0.29, 0.717) is 17.1 Å². The number of carbonyl (C=O) groups excluding carboxylic acids is 1. The van der Waals surface area contributed by atoms with Crippen LogP contribution in [0.4, 0.5) is 0 Å². The molecule has 2 fully saturated rings. The van der Waals surface area contributed by atoms with E-state index < -0.39 is 0 Å². The molecule has 1 saturated heterocycles. The fraction of sp³-hybridized carbons (Fsp3) is 0.714. The molecule has 0 aromatic carbocycles. The second-order valence-corrected chi connectivity index (χ2v) is 6.03. The average molecular weight is 262 g/mol. The van der Waals surface area contributed by atoms with E-state index in [1.165, 1.54) is 19.3 Å². The molecule has 1 aromatic heterocycles. The topological polar surface area (TPSA) is 59.0 Å². The van der Waals surface area contributed by atoms with Crippen molar-refractivity contribution in [3.05, 3.63) is 17.5 Å². The Bertz CT molecular complexity index is 490. The van der Waals surface area contributed by atoms with Gasteiger partial charge in [-0.25, -0.2) is 0 Å². The van der Waals surface area contributed by atoms with Gasteiger partial charge in [0.2, 0.25) is 0 Å². The van der Waals surface area contributed by atoms with Gasteiger partial charge in [0.25, 0.3) is 5.91 Å². The monoisotopic (exact) mass is 262 g/mol. The molecule has 2 N–H and O–H groups in total. The van der Waals surface area contributed by atoms with Gasteiger partial charge in [0, 0.05) is 24.8 Å². The molecule has 1 amide bonds. The summed E-state index contributed by atoms with van der Waals surface area (Å²) in [7, 11) is 1.84. The van der Waals surface area contributed by atoms with E-state index in [4.69, 9.17) is 0 Å². The molecule has 1 aliphatic carbocycles. The number of piperidine rings is 1. The van der Waals surface area contributed by atoms with Crippen molar-refractivity contribution in [1.29, 1.82) is 0 Å². The summed E-state index contributed by atoms with van der Waals surface area (Å²) in [5.41, 5.74) is 1.82. The summed E-state index contributed by atoms with van der Waals surface area (Å²) >= 11 is 0. The van der Waals surface area contributed by atoms with Gasteiger partial charge in [-0.05, 0) is 45.6 Å². The Morgan fingerprint density at radius 1 is 1.58 bits per heavy atom. The zero-order chi connectivity index (χ0) is 13.5. The molecule has 1 spiro atoms. The molecule has 19 heavy (non-hydrogen) atoms. The number of amides is 1. The lowest BCUT2D eigenvalue weighted by atomic mass is 9.70. The highest BCUT2D eigenvalue weighted by molar-refractivity contribution is 5.95. The highest BCUT2D eigenvalue weighted by atomic mass is 16.1. The highest BCUT2D eigenvalue weighted by Gasteiger charge is 2.41. The van der Waals surface area contributed by atoms with Crippen molar-refractivity contribution in [1.82, 2.24) is 20.4 Å². The van der Waals surface area contributed by atoms with Crippen LogP contribution in [0, 0.1) is 6.92 Å². The number of rotatable bonds is 2. The van der Waals surface area contributed by atoms with Gasteiger partial charge in [-0.15, -0.1) is 0 Å². The third-order valence-electron chi connectivity index (χ3n) is 4.53. The van der Waals surface area contributed by atoms with E-state index in [1.54, 1.807) is 10.9 Å². The molecule has 0 radical (unpaired) electrons. The zero-order valence-corrected chi connectivity index (χ0v) is 11.7. The lowest BCUT2D eigenvalue weighted by molar-refractivity contribution is 0.0852. The predicted molar refractivity (Wildman–Crippen MR) is 73.0 cm³/mol. The smallest absolute Gasteiger partial charge is 0.254 e. The summed E-state index contributed by atoms with van der Waals surface area (Å²) in [5.74, 6) is 0.0203. The van der Waals surface area contributed by atoms with Gasteiger partial charge in [-0.2, -0.15) is 5.10 Å². The highest BCUT2D eigenvalue weighted by Crippen LogP contribution is 2.38. The first-order valence-electron chi connectivity index (χ1n) is 7.14. The maximum atomic E-state index is 12.3. The van der Waals surface area contributed by atoms with Crippen LogP contribution in [0.5, 0.6) is 0 Å². The van der Waals surface area contributed by atoms with Crippen molar-refractivity contribution in [3.63, 3.8) is 0 Å². The largest absolute Gasteiger partial charge is 0.349 e. The number of hydrogen-bond acceptors (Lipinski definition) is 3. The van der Waals surface area contributed by atoms with Gasteiger partial charge in [-0.1, -0.05) is 0 Å². The van der Waals surface area contributed by atoms with Crippen LogP contribution >= 0.6 is 0 Å². The first-order chi connectivity index (χ1) is 9.08. The molecule has 0 bridgehead atoms. The van der Waals surface area contributed by atoms with Crippen LogP contribution < -0.4 is 10.6 Å². The fourth-order valence-electron chi connectivity index (χ4n) is 3.35. The summed E-state index contributed by atoms with van der Waals surface area (Å²) < 4.78 is 1.69. The first kappa shape index (κ1) is 12.7. The number of nitrogens with one attached hydrogen (secondary N) is 2. The van der Waals surface area contributed by atoms with E-state index >= 15 is 0 Å². The van der Waals surface area contributed by atoms with Gasteiger partial charge in [0.05, 0.1) is 11.3 Å². The maximum absolute atomic E-state index is 12.3. The van der Waals surface area contributed by atoms with Crippen LogP contribution in [0.15, 0.2) is 6.20 Å². The Morgan fingerprint density at radius 2 is 2.37 bits per heavy atom. The summed E-state index contributed by atoms with van der Waals surface area (Å²) in [6.07, 6.45) is 7.71. The van der Waals surface area contributed by atoms with E-state index in [0.717, 1.165) is 25.1 Å². The predicted octanol–water partition coefficient (Wildman–Crippen LogP) is 1.13. The summed E-state index contributed by atoms with van der Waals surface area (Å²) in [6.45, 7) is 2.89. The summed E-state index contributed by atoms with van der Waals surface area (Å²) in [5, 5.41) is 11.0. The molecule has 1 aromatic rings. The molecule has 104 valence electrons. The lowest BCUT2D eigenvalue weighted by Gasteiger charge is -2.48. The number of aromatic nitrogens is 2. The molecule has 2 aliphatic rings. The first-order valence-corrected chi connectivity index (χ1v) is 7.14. The van der Waals surface area contributed by atoms with Gasteiger partial charge >= 0.3 is 0 Å². The van der Waals surface area contributed by atoms with E-state index in [9.17, 15) is 4.79 Å². The van der Waals surface area contributed by atoms with E-state index in [2.05, 4.69) is 15.7 Å². The van der Waals surface area contributed by atoms with E-state index in [1.807, 2.05) is 14.0 Å². The lowest BCUT2D eigenvalue weighted by Crippen LogP contribution is -2.59. The van der Waals surface area contributed by atoms with Crippen molar-refractivity contribution in [2.75, 3.05) is 6.54 Å². The van der Waals surface area contributed by atoms with E-state index in [-0.39, 0.29) is 5.91 Å². The van der Waals surface area contributed by atoms with Crippen molar-refractivity contribution in [3.8, 4) is 0 Å². The van der Waals surface area contributed by atoms with Crippen molar-refractivity contribution in [2.24, 2.45) is 7.05 Å². The Balaban J connectivity index is 1.64. The average Bonchev–Trinajstić information content (AvgIpc) is 2.67. The Labute approximate surface area is 113 Å². The maximum Gasteiger partial charge on any atom is 0.254 e. The van der Waals surface area contributed by atoms with Gasteiger partial charge in [0.1, 0.15) is 0 Å². The fourth-order valence-corrected chi connectivity index (χ4v) is 3.35. The third kappa shape index (κ3) is 2.39. The molecule has 1 unspecified atom stereocenters. The summed E-state index contributed by atoms with van der Waals surface area (Å²) in [4.78, 5) is 12.3. The van der Waals surface area contributed by atoms with Crippen molar-refractivity contribution < 1.29 is 4.79 Å². The Kier molecular flexibility index (Phi) is 3.09. The van der Waals surface area contributed by atoms with Gasteiger partial charge in [0.15, 0.2) is 0 Å². The molecule has 1 aliphatic heterocycles. The molecule has 2 heterocycles. The minimum Gasteiger partial charge on any atom is -0.349 e. The molecule has 1 atom stereocenters. The van der Waals surface area contributed by atoms with Gasteiger partial charge in [-0.3, -0.25) is 9.48 Å². The molecular formula is C14H22N4O. The quantitative estimate of drug-likeness (QED) is 0.840. The molecule has 1 saturated carbocycles. The standard InChI is InChI=1S/C14H22N4O/c1-10-12(9-18(2)17-10)13(19)16-11-4-7-15-14(8-11)5-3-6-14/h9,11,15H,3-8H2,1-2H3,(H,16,19). The van der Waals surface area contributed by atoms with Crippen LogP contribution in [-0.2, 0) is 7.05 Å². The number of hydrogen-bond donors (Lipinski definition) is 2. The zero-order valence-electron chi connectivity index (χ0n) is 11.7. The molecule has 3 rings (SSSR count). The Morgan fingerprint density at radius 3 is 2.95 bits per heavy atom. The minimum absolute atomic E-state index is 0.0203. The number of aryl methyl sites for hydroxylation is 2. The van der Waals surface area contributed by atoms with Crippen LogP contribution in [0.1, 0.15) is 48.2 Å². The molecular weight excluding hydrogens is 240 g/mol. The third-order valence-corrected chi connectivity index (χ3v) is 4.53. The number of carbonyl (C=O) groups is 1. The SMILES string of the molecule is Cc1nn(C)cc1C(=O)NC1CCNC2(CCC2)C1. The summed E-state index contributed by atoms with van der Waals surface area (Å²) in [6, 6.07) is 0.300. The second-order valence-electron chi connectivity index (χ2n) is 6.03. The van der Waals surface area contributed by atoms with Crippen LogP contribution in [0.3, 0.4) is 0 Å². The van der Waals surface area contributed by atoms with Crippen molar-refractivity contribution in [2.45, 2.75) is 50.6 Å². The van der Waals surface area contributed by atoms with Gasteiger partial charge < -0.3 is 10.6 Å². The van der Waals surface area contributed by atoms with Crippen LogP contribution in [0.2, 0.25) is 0 Å².